The number of quaternary nitrogens is 1. The predicted molar refractivity (Wildman–Crippen MR) is 97.3 cm³/mol. The van der Waals surface area contributed by atoms with Gasteiger partial charge in [0.05, 0.1) is 31.9 Å². The van der Waals surface area contributed by atoms with Crippen molar-refractivity contribution in [2.75, 3.05) is 26.2 Å². The second kappa shape index (κ2) is 7.99. The summed E-state index contributed by atoms with van der Waals surface area (Å²) in [5, 5.41) is 11.7. The lowest BCUT2D eigenvalue weighted by atomic mass is 10.1. The molecule has 0 spiro atoms. The van der Waals surface area contributed by atoms with Gasteiger partial charge in [-0.1, -0.05) is 36.4 Å². The zero-order valence-corrected chi connectivity index (χ0v) is 14.2. The van der Waals surface area contributed by atoms with Crippen molar-refractivity contribution in [1.29, 1.82) is 0 Å². The number of hydrogen-bond donors (Lipinski definition) is 3. The summed E-state index contributed by atoms with van der Waals surface area (Å²) in [5.74, 6) is 0.298. The van der Waals surface area contributed by atoms with Crippen LogP contribution in [0.15, 0.2) is 60.7 Å². The molecule has 0 radical (unpaired) electrons. The Balaban J connectivity index is 1.52. The number of rotatable bonds is 5. The van der Waals surface area contributed by atoms with Crippen molar-refractivity contribution >= 4 is 5.70 Å². The first-order chi connectivity index (χ1) is 11.7. The number of aromatic hydroxyl groups is 1. The maximum atomic E-state index is 9.43. The van der Waals surface area contributed by atoms with E-state index in [0.717, 1.165) is 44.0 Å². The summed E-state index contributed by atoms with van der Waals surface area (Å²) in [5.41, 5.74) is 7.11. The molecule has 0 aliphatic carbocycles. The molecule has 1 fully saturated rings. The average Bonchev–Trinajstić information content (AvgIpc) is 2.63. The predicted octanol–water partition coefficient (Wildman–Crippen LogP) is 1.66. The molecular formula is C20H26N3O+. The molecule has 0 amide bonds. The molecule has 3 N–H and O–H groups in total. The monoisotopic (exact) mass is 324 g/mol. The molecule has 0 saturated carbocycles. The lowest BCUT2D eigenvalue weighted by molar-refractivity contribution is -0.918. The first kappa shape index (κ1) is 16.6. The molecule has 1 heterocycles. The Labute approximate surface area is 144 Å². The number of hydrazine groups is 1. The van der Waals surface area contributed by atoms with Crippen molar-refractivity contribution in [3.63, 3.8) is 0 Å². The molecule has 4 nitrogen and oxygen atoms in total. The second-order valence-corrected chi connectivity index (χ2v) is 6.26. The van der Waals surface area contributed by atoms with E-state index in [1.807, 2.05) is 19.1 Å². The fourth-order valence-electron chi connectivity index (χ4n) is 3.10. The van der Waals surface area contributed by atoms with Crippen molar-refractivity contribution in [3.05, 3.63) is 71.8 Å². The fraction of sp³-hybridized carbons (Fsp3) is 0.300. The van der Waals surface area contributed by atoms with E-state index in [4.69, 9.17) is 0 Å². The van der Waals surface area contributed by atoms with E-state index in [1.54, 1.807) is 17.0 Å². The van der Waals surface area contributed by atoms with Gasteiger partial charge in [0.2, 0.25) is 0 Å². The van der Waals surface area contributed by atoms with Gasteiger partial charge in [0.15, 0.2) is 0 Å². The average molecular weight is 324 g/mol. The molecule has 0 aromatic heterocycles. The molecule has 0 atom stereocenters. The summed E-state index contributed by atoms with van der Waals surface area (Å²) in [6, 6.07) is 18.0. The standard InChI is InChI=1S/C20H25N3O/c1-2-20(18-8-10-19(24)11-9-18)21-23-14-12-22(13-15-23)16-17-6-4-3-5-7-17/h2-11,21,24H,12-16H2,1H3/p+1. The molecule has 0 bridgehead atoms. The molecular weight excluding hydrogens is 298 g/mol. The molecule has 1 saturated heterocycles. The smallest absolute Gasteiger partial charge is 0.115 e. The number of allylic oxidation sites excluding steroid dienone is 1. The van der Waals surface area contributed by atoms with Gasteiger partial charge in [0.25, 0.3) is 0 Å². The highest BCUT2D eigenvalue weighted by Crippen LogP contribution is 2.16. The highest BCUT2D eigenvalue weighted by atomic mass is 16.3. The Bertz CT molecular complexity index is 659. The van der Waals surface area contributed by atoms with E-state index in [0.29, 0.717) is 5.75 Å². The van der Waals surface area contributed by atoms with E-state index >= 15 is 0 Å². The minimum absolute atomic E-state index is 0.298. The normalized spacial score (nSPS) is 17.0. The summed E-state index contributed by atoms with van der Waals surface area (Å²) < 4.78 is 0. The maximum Gasteiger partial charge on any atom is 0.115 e. The van der Waals surface area contributed by atoms with Gasteiger partial charge in [-0.2, -0.15) is 0 Å². The lowest BCUT2D eigenvalue weighted by Gasteiger charge is -2.33. The fourth-order valence-corrected chi connectivity index (χ4v) is 3.10. The second-order valence-electron chi connectivity index (χ2n) is 6.26. The van der Waals surface area contributed by atoms with Crippen LogP contribution in [0.3, 0.4) is 0 Å². The third-order valence-electron chi connectivity index (χ3n) is 4.51. The van der Waals surface area contributed by atoms with Gasteiger partial charge in [-0.25, -0.2) is 5.01 Å². The zero-order chi connectivity index (χ0) is 16.8. The van der Waals surface area contributed by atoms with Gasteiger partial charge in [-0.3, -0.25) is 0 Å². The van der Waals surface area contributed by atoms with Crippen molar-refractivity contribution < 1.29 is 10.0 Å². The van der Waals surface area contributed by atoms with Crippen LogP contribution in [-0.4, -0.2) is 36.3 Å². The van der Waals surface area contributed by atoms with Crippen LogP contribution in [0.1, 0.15) is 18.1 Å². The quantitative estimate of drug-likeness (QED) is 0.783. The largest absolute Gasteiger partial charge is 0.508 e. The van der Waals surface area contributed by atoms with E-state index < -0.39 is 0 Å². The van der Waals surface area contributed by atoms with Gasteiger partial charge in [0, 0.05) is 5.56 Å². The summed E-state index contributed by atoms with van der Waals surface area (Å²) >= 11 is 0. The Morgan fingerprint density at radius 3 is 2.38 bits per heavy atom. The molecule has 126 valence electrons. The molecule has 24 heavy (non-hydrogen) atoms. The minimum Gasteiger partial charge on any atom is -0.508 e. The number of nitrogens with one attached hydrogen (secondary N) is 2. The van der Waals surface area contributed by atoms with Gasteiger partial charge in [0.1, 0.15) is 12.3 Å². The first-order valence-corrected chi connectivity index (χ1v) is 8.59. The third kappa shape index (κ3) is 4.37. The van der Waals surface area contributed by atoms with Crippen molar-refractivity contribution in [2.45, 2.75) is 13.5 Å². The van der Waals surface area contributed by atoms with Gasteiger partial charge < -0.3 is 15.4 Å². The van der Waals surface area contributed by atoms with Gasteiger partial charge in [-0.05, 0) is 36.8 Å². The summed E-state index contributed by atoms with van der Waals surface area (Å²) in [6.07, 6.45) is 2.08. The van der Waals surface area contributed by atoms with E-state index in [9.17, 15) is 5.11 Å². The lowest BCUT2D eigenvalue weighted by Crippen LogP contribution is -3.13. The maximum absolute atomic E-state index is 9.43. The van der Waals surface area contributed by atoms with Crippen molar-refractivity contribution in [2.24, 2.45) is 0 Å². The topological polar surface area (TPSA) is 39.9 Å². The SMILES string of the molecule is CC=C(NN1CC[NH+](Cc2ccccc2)CC1)c1ccc(O)cc1. The van der Waals surface area contributed by atoms with Crippen LogP contribution in [0.5, 0.6) is 5.75 Å². The molecule has 2 aromatic rings. The highest BCUT2D eigenvalue weighted by molar-refractivity contribution is 5.63. The van der Waals surface area contributed by atoms with E-state index in [2.05, 4.69) is 46.8 Å². The number of benzene rings is 2. The van der Waals surface area contributed by atoms with Crippen LogP contribution in [0.4, 0.5) is 0 Å². The number of phenolic OH excluding ortho intramolecular Hbond substituents is 1. The Kier molecular flexibility index (Phi) is 5.51. The highest BCUT2D eigenvalue weighted by Gasteiger charge is 2.20. The summed E-state index contributed by atoms with van der Waals surface area (Å²) in [6.45, 7) is 7.45. The van der Waals surface area contributed by atoms with Crippen LogP contribution in [-0.2, 0) is 6.54 Å². The third-order valence-corrected chi connectivity index (χ3v) is 4.51. The number of phenols is 1. The molecule has 2 aromatic carbocycles. The Morgan fingerprint density at radius 2 is 1.75 bits per heavy atom. The van der Waals surface area contributed by atoms with Crippen LogP contribution in [0.25, 0.3) is 5.70 Å². The number of nitrogens with zero attached hydrogens (tertiary/aromatic N) is 1. The van der Waals surface area contributed by atoms with E-state index in [1.165, 1.54) is 5.56 Å². The van der Waals surface area contributed by atoms with Crippen LogP contribution >= 0.6 is 0 Å². The van der Waals surface area contributed by atoms with Gasteiger partial charge in [-0.15, -0.1) is 0 Å². The molecule has 4 heteroatoms. The summed E-state index contributed by atoms with van der Waals surface area (Å²) in [4.78, 5) is 1.63. The van der Waals surface area contributed by atoms with Crippen LogP contribution in [0.2, 0.25) is 0 Å². The van der Waals surface area contributed by atoms with Crippen molar-refractivity contribution in [3.8, 4) is 5.75 Å². The molecule has 1 aliphatic heterocycles. The first-order valence-electron chi connectivity index (χ1n) is 8.59. The van der Waals surface area contributed by atoms with Crippen LogP contribution in [0, 0.1) is 0 Å². The molecule has 0 unspecified atom stereocenters. The van der Waals surface area contributed by atoms with Crippen molar-refractivity contribution in [1.82, 2.24) is 10.4 Å². The van der Waals surface area contributed by atoms with E-state index in [-0.39, 0.29) is 0 Å². The van der Waals surface area contributed by atoms with Gasteiger partial charge >= 0.3 is 0 Å². The number of hydrogen-bond acceptors (Lipinski definition) is 3. The molecule has 3 rings (SSSR count). The molecule has 1 aliphatic rings. The zero-order valence-electron chi connectivity index (χ0n) is 14.2. The Morgan fingerprint density at radius 1 is 1.08 bits per heavy atom. The Hall–Kier alpha value is -2.30. The number of piperazine rings is 1. The minimum atomic E-state index is 0.298. The summed E-state index contributed by atoms with van der Waals surface area (Å²) in [7, 11) is 0. The van der Waals surface area contributed by atoms with Crippen LogP contribution < -0.4 is 10.3 Å².